The average Bonchev–Trinajstić information content (AvgIpc) is 2.29. The van der Waals surface area contributed by atoms with Gasteiger partial charge in [-0.05, 0) is 37.9 Å². The lowest BCUT2D eigenvalue weighted by atomic mass is 9.80. The molecular formula is C13H17NO. The van der Waals surface area contributed by atoms with Crippen LogP contribution in [0.25, 0.3) is 0 Å². The number of Topliss-reactive ketones (excluding diaryl/α,β-unsaturated/α-hetero) is 1. The number of rotatable bonds is 3. The summed E-state index contributed by atoms with van der Waals surface area (Å²) in [6.07, 6.45) is 2.85. The Hall–Kier alpha value is -1.15. The molecule has 1 unspecified atom stereocenters. The van der Waals surface area contributed by atoms with E-state index in [0.29, 0.717) is 18.1 Å². The van der Waals surface area contributed by atoms with Crippen LogP contribution in [-0.2, 0) is 0 Å². The molecule has 1 aromatic rings. The second kappa shape index (κ2) is 4.58. The number of hydrogen-bond acceptors (Lipinski definition) is 2. The molecule has 80 valence electrons. The first-order chi connectivity index (χ1) is 7.33. The highest BCUT2D eigenvalue weighted by atomic mass is 16.1. The Kier molecular flexibility index (Phi) is 3.17. The molecule has 0 spiro atoms. The molecule has 0 fully saturated rings. The number of nitrogens with one attached hydrogen (secondary N) is 1. The molecule has 0 heterocycles. The van der Waals surface area contributed by atoms with E-state index in [9.17, 15) is 4.79 Å². The Bertz CT molecular complexity index is 359. The zero-order valence-electron chi connectivity index (χ0n) is 9.12. The lowest BCUT2D eigenvalue weighted by Gasteiger charge is -2.24. The highest BCUT2D eigenvalue weighted by molar-refractivity contribution is 5.98. The van der Waals surface area contributed by atoms with Crippen molar-refractivity contribution in [3.05, 3.63) is 35.4 Å². The van der Waals surface area contributed by atoms with Gasteiger partial charge in [-0.15, -0.1) is 0 Å². The lowest BCUT2D eigenvalue weighted by Crippen LogP contribution is -2.19. The van der Waals surface area contributed by atoms with Gasteiger partial charge < -0.3 is 5.32 Å². The quantitative estimate of drug-likeness (QED) is 0.817. The zero-order chi connectivity index (χ0) is 10.7. The van der Waals surface area contributed by atoms with Gasteiger partial charge in [-0.3, -0.25) is 4.79 Å². The van der Waals surface area contributed by atoms with E-state index in [4.69, 9.17) is 0 Å². The molecule has 0 aromatic heterocycles. The van der Waals surface area contributed by atoms with Crippen molar-refractivity contribution in [3.8, 4) is 0 Å². The number of carbonyl (C=O) groups is 1. The van der Waals surface area contributed by atoms with E-state index in [-0.39, 0.29) is 0 Å². The molecule has 2 nitrogen and oxygen atoms in total. The van der Waals surface area contributed by atoms with Crippen LogP contribution < -0.4 is 5.32 Å². The third-order valence-electron chi connectivity index (χ3n) is 3.16. The minimum Gasteiger partial charge on any atom is -0.320 e. The molecule has 0 bridgehead atoms. The minimum atomic E-state index is 0.311. The van der Waals surface area contributed by atoms with Crippen molar-refractivity contribution in [2.24, 2.45) is 0 Å². The monoisotopic (exact) mass is 203 g/mol. The molecule has 0 amide bonds. The van der Waals surface area contributed by atoms with Crippen LogP contribution in [0.4, 0.5) is 0 Å². The molecule has 0 radical (unpaired) electrons. The number of hydrogen-bond donors (Lipinski definition) is 1. The molecule has 1 aromatic carbocycles. The van der Waals surface area contributed by atoms with Crippen molar-refractivity contribution in [2.45, 2.75) is 25.2 Å². The Morgan fingerprint density at radius 2 is 2.20 bits per heavy atom. The van der Waals surface area contributed by atoms with Crippen LogP contribution in [0.2, 0.25) is 0 Å². The van der Waals surface area contributed by atoms with Gasteiger partial charge in [-0.2, -0.15) is 0 Å². The second-order valence-corrected chi connectivity index (χ2v) is 4.14. The van der Waals surface area contributed by atoms with Crippen LogP contribution in [-0.4, -0.2) is 19.4 Å². The summed E-state index contributed by atoms with van der Waals surface area (Å²) in [4.78, 5) is 11.7. The molecule has 1 aliphatic carbocycles. The van der Waals surface area contributed by atoms with E-state index in [2.05, 4.69) is 11.4 Å². The maximum absolute atomic E-state index is 11.7. The Morgan fingerprint density at radius 1 is 1.40 bits per heavy atom. The van der Waals surface area contributed by atoms with Crippen LogP contribution in [0.1, 0.15) is 41.1 Å². The number of ketones is 1. The smallest absolute Gasteiger partial charge is 0.163 e. The Labute approximate surface area is 90.7 Å². The van der Waals surface area contributed by atoms with Gasteiger partial charge in [-0.25, -0.2) is 0 Å². The standard InChI is InChI=1S/C13H17NO/c1-14-9-8-10-6-7-13(15)12-5-3-2-4-11(10)12/h2-5,10,14H,6-9H2,1H3. The first-order valence-electron chi connectivity index (χ1n) is 5.59. The summed E-state index contributed by atoms with van der Waals surface area (Å²) >= 11 is 0. The van der Waals surface area contributed by atoms with Crippen molar-refractivity contribution in [1.29, 1.82) is 0 Å². The fraction of sp³-hybridized carbons (Fsp3) is 0.462. The molecule has 2 rings (SSSR count). The molecule has 15 heavy (non-hydrogen) atoms. The van der Waals surface area contributed by atoms with Gasteiger partial charge in [0, 0.05) is 12.0 Å². The third-order valence-corrected chi connectivity index (χ3v) is 3.16. The molecule has 1 N–H and O–H groups in total. The molecule has 1 aliphatic rings. The van der Waals surface area contributed by atoms with Gasteiger partial charge in [0.15, 0.2) is 5.78 Å². The summed E-state index contributed by atoms with van der Waals surface area (Å²) < 4.78 is 0. The van der Waals surface area contributed by atoms with Crippen LogP contribution in [0.5, 0.6) is 0 Å². The van der Waals surface area contributed by atoms with Crippen LogP contribution >= 0.6 is 0 Å². The predicted octanol–water partition coefficient (Wildman–Crippen LogP) is 2.36. The molecule has 0 saturated heterocycles. The van der Waals surface area contributed by atoms with Crippen LogP contribution in [0.15, 0.2) is 24.3 Å². The van der Waals surface area contributed by atoms with Gasteiger partial charge in [0.05, 0.1) is 0 Å². The molecule has 0 saturated carbocycles. The van der Waals surface area contributed by atoms with E-state index >= 15 is 0 Å². The van der Waals surface area contributed by atoms with E-state index in [0.717, 1.165) is 24.9 Å². The fourth-order valence-electron chi connectivity index (χ4n) is 2.32. The first kappa shape index (κ1) is 10.4. The molecule has 0 aliphatic heterocycles. The molecular weight excluding hydrogens is 186 g/mol. The Balaban J connectivity index is 2.24. The van der Waals surface area contributed by atoms with Crippen LogP contribution in [0, 0.1) is 0 Å². The van der Waals surface area contributed by atoms with Crippen molar-refractivity contribution >= 4 is 5.78 Å². The predicted molar refractivity (Wildman–Crippen MR) is 61.3 cm³/mol. The summed E-state index contributed by atoms with van der Waals surface area (Å²) in [5, 5.41) is 3.17. The zero-order valence-corrected chi connectivity index (χ0v) is 9.12. The summed E-state index contributed by atoms with van der Waals surface area (Å²) in [5.41, 5.74) is 2.20. The summed E-state index contributed by atoms with van der Waals surface area (Å²) in [6.45, 7) is 1.02. The summed E-state index contributed by atoms with van der Waals surface area (Å²) in [5.74, 6) is 0.873. The minimum absolute atomic E-state index is 0.311. The highest BCUT2D eigenvalue weighted by Crippen LogP contribution is 2.33. The van der Waals surface area contributed by atoms with Gasteiger partial charge in [-0.1, -0.05) is 24.3 Å². The number of carbonyl (C=O) groups excluding carboxylic acids is 1. The fourth-order valence-corrected chi connectivity index (χ4v) is 2.32. The molecule has 1 atom stereocenters. The first-order valence-corrected chi connectivity index (χ1v) is 5.59. The van der Waals surface area contributed by atoms with Crippen molar-refractivity contribution < 1.29 is 4.79 Å². The summed E-state index contributed by atoms with van der Waals surface area (Å²) in [6, 6.07) is 8.05. The number of fused-ring (bicyclic) bond motifs is 1. The van der Waals surface area contributed by atoms with Gasteiger partial charge in [0.25, 0.3) is 0 Å². The van der Waals surface area contributed by atoms with Gasteiger partial charge >= 0.3 is 0 Å². The second-order valence-electron chi connectivity index (χ2n) is 4.14. The topological polar surface area (TPSA) is 29.1 Å². The SMILES string of the molecule is CNCCC1CCC(=O)c2ccccc21. The maximum Gasteiger partial charge on any atom is 0.163 e. The van der Waals surface area contributed by atoms with E-state index in [1.165, 1.54) is 5.56 Å². The van der Waals surface area contributed by atoms with Crippen molar-refractivity contribution in [1.82, 2.24) is 5.32 Å². The van der Waals surface area contributed by atoms with E-state index in [1.807, 2.05) is 25.2 Å². The van der Waals surface area contributed by atoms with Crippen LogP contribution in [0.3, 0.4) is 0 Å². The van der Waals surface area contributed by atoms with Gasteiger partial charge in [0.2, 0.25) is 0 Å². The lowest BCUT2D eigenvalue weighted by molar-refractivity contribution is 0.0966. The Morgan fingerprint density at radius 3 is 3.00 bits per heavy atom. The maximum atomic E-state index is 11.7. The molecule has 2 heteroatoms. The van der Waals surface area contributed by atoms with Crippen molar-refractivity contribution in [3.63, 3.8) is 0 Å². The van der Waals surface area contributed by atoms with E-state index in [1.54, 1.807) is 0 Å². The van der Waals surface area contributed by atoms with E-state index < -0.39 is 0 Å². The highest BCUT2D eigenvalue weighted by Gasteiger charge is 2.24. The average molecular weight is 203 g/mol. The van der Waals surface area contributed by atoms with Crippen molar-refractivity contribution in [2.75, 3.05) is 13.6 Å². The normalized spacial score (nSPS) is 20.1. The van der Waals surface area contributed by atoms with Gasteiger partial charge in [0.1, 0.15) is 0 Å². The number of benzene rings is 1. The largest absolute Gasteiger partial charge is 0.320 e. The summed E-state index contributed by atoms with van der Waals surface area (Å²) in [7, 11) is 1.97. The third kappa shape index (κ3) is 2.10.